The molecule has 2 rings (SSSR count). The molecule has 0 radical (unpaired) electrons. The lowest BCUT2D eigenvalue weighted by molar-refractivity contribution is 0.0693. The van der Waals surface area contributed by atoms with Crippen molar-refractivity contribution in [3.05, 3.63) is 57.9 Å². The molecule has 2 aromatic carbocycles. The van der Waals surface area contributed by atoms with Gasteiger partial charge in [-0.3, -0.25) is 4.79 Å². The SMILES string of the molecule is COc1cc(NC(=O)c2ccc(F)c(F)c2F)c(Cl)cc1C(=O)O. The first kappa shape index (κ1) is 17.6. The van der Waals surface area contributed by atoms with E-state index in [4.69, 9.17) is 21.4 Å². The van der Waals surface area contributed by atoms with E-state index in [-0.39, 0.29) is 22.0 Å². The van der Waals surface area contributed by atoms with Gasteiger partial charge in [0, 0.05) is 6.07 Å². The molecule has 0 aliphatic rings. The zero-order chi connectivity index (χ0) is 18.0. The van der Waals surface area contributed by atoms with Crippen LogP contribution >= 0.6 is 11.6 Å². The minimum Gasteiger partial charge on any atom is -0.496 e. The molecule has 0 heterocycles. The van der Waals surface area contributed by atoms with Gasteiger partial charge in [0.05, 0.1) is 23.4 Å². The molecule has 5 nitrogen and oxygen atoms in total. The second-order valence-corrected chi connectivity index (χ2v) is 4.92. The molecule has 126 valence electrons. The number of methoxy groups -OCH3 is 1. The molecule has 0 unspecified atom stereocenters. The van der Waals surface area contributed by atoms with Crippen molar-refractivity contribution in [2.45, 2.75) is 0 Å². The fraction of sp³-hybridized carbons (Fsp3) is 0.0667. The number of carbonyl (C=O) groups excluding carboxylic acids is 1. The van der Waals surface area contributed by atoms with Crippen LogP contribution < -0.4 is 10.1 Å². The molecule has 0 spiro atoms. The van der Waals surface area contributed by atoms with Crippen molar-refractivity contribution >= 4 is 29.2 Å². The van der Waals surface area contributed by atoms with E-state index < -0.39 is 34.9 Å². The zero-order valence-corrected chi connectivity index (χ0v) is 12.7. The summed E-state index contributed by atoms with van der Waals surface area (Å²) in [6.45, 7) is 0. The summed E-state index contributed by atoms with van der Waals surface area (Å²) in [6.07, 6.45) is 0. The smallest absolute Gasteiger partial charge is 0.339 e. The highest BCUT2D eigenvalue weighted by atomic mass is 35.5. The van der Waals surface area contributed by atoms with Gasteiger partial charge in [0.15, 0.2) is 17.5 Å². The molecule has 9 heteroatoms. The van der Waals surface area contributed by atoms with Gasteiger partial charge in [0.2, 0.25) is 0 Å². The number of rotatable bonds is 4. The van der Waals surface area contributed by atoms with Crippen molar-refractivity contribution in [3.63, 3.8) is 0 Å². The number of aromatic carboxylic acids is 1. The van der Waals surface area contributed by atoms with Crippen LogP contribution in [0, 0.1) is 17.5 Å². The van der Waals surface area contributed by atoms with Gasteiger partial charge in [-0.2, -0.15) is 0 Å². The normalized spacial score (nSPS) is 10.4. The number of carboxylic acids is 1. The van der Waals surface area contributed by atoms with Crippen LogP contribution in [0.25, 0.3) is 0 Å². The van der Waals surface area contributed by atoms with Crippen molar-refractivity contribution in [2.24, 2.45) is 0 Å². The molecule has 0 saturated heterocycles. The van der Waals surface area contributed by atoms with Crippen molar-refractivity contribution in [1.29, 1.82) is 0 Å². The maximum Gasteiger partial charge on any atom is 0.339 e. The Morgan fingerprint density at radius 3 is 2.38 bits per heavy atom. The third-order valence-electron chi connectivity index (χ3n) is 3.05. The van der Waals surface area contributed by atoms with Crippen LogP contribution in [-0.4, -0.2) is 24.1 Å². The van der Waals surface area contributed by atoms with E-state index in [1.165, 1.54) is 7.11 Å². The Hall–Kier alpha value is -2.74. The Morgan fingerprint density at radius 2 is 1.79 bits per heavy atom. The third-order valence-corrected chi connectivity index (χ3v) is 3.36. The number of ether oxygens (including phenoxy) is 1. The van der Waals surface area contributed by atoms with E-state index >= 15 is 0 Å². The molecule has 0 aliphatic carbocycles. The minimum absolute atomic E-state index is 0.0901. The van der Waals surface area contributed by atoms with Crippen LogP contribution in [-0.2, 0) is 0 Å². The van der Waals surface area contributed by atoms with Crippen LogP contribution in [0.15, 0.2) is 24.3 Å². The van der Waals surface area contributed by atoms with Gasteiger partial charge < -0.3 is 15.2 Å². The van der Waals surface area contributed by atoms with E-state index in [1.807, 2.05) is 0 Å². The van der Waals surface area contributed by atoms with Gasteiger partial charge in [0.25, 0.3) is 5.91 Å². The van der Waals surface area contributed by atoms with E-state index in [1.54, 1.807) is 0 Å². The second kappa shape index (κ2) is 6.79. The number of nitrogens with one attached hydrogen (secondary N) is 1. The summed E-state index contributed by atoms with van der Waals surface area (Å²) in [4.78, 5) is 23.1. The molecule has 0 fully saturated rings. The van der Waals surface area contributed by atoms with Gasteiger partial charge in [-0.25, -0.2) is 18.0 Å². The van der Waals surface area contributed by atoms with Gasteiger partial charge in [-0.1, -0.05) is 11.6 Å². The molecule has 2 N–H and O–H groups in total. The molecule has 0 saturated carbocycles. The summed E-state index contributed by atoms with van der Waals surface area (Å²) >= 11 is 5.87. The van der Waals surface area contributed by atoms with E-state index in [2.05, 4.69) is 5.32 Å². The molecule has 0 aromatic heterocycles. The zero-order valence-electron chi connectivity index (χ0n) is 12.0. The quantitative estimate of drug-likeness (QED) is 0.816. The van der Waals surface area contributed by atoms with Crippen molar-refractivity contribution in [2.75, 3.05) is 12.4 Å². The number of hydrogen-bond acceptors (Lipinski definition) is 3. The highest BCUT2D eigenvalue weighted by Crippen LogP contribution is 2.31. The van der Waals surface area contributed by atoms with Crippen LogP contribution in [0.2, 0.25) is 5.02 Å². The molecule has 2 aromatic rings. The predicted octanol–water partition coefficient (Wildman–Crippen LogP) is 3.72. The summed E-state index contributed by atoms with van der Waals surface area (Å²) in [5.74, 6) is -7.38. The number of carboxylic acid groups (broad SMARTS) is 1. The topological polar surface area (TPSA) is 75.6 Å². The summed E-state index contributed by atoms with van der Waals surface area (Å²) in [5.41, 5.74) is -1.08. The highest BCUT2D eigenvalue weighted by molar-refractivity contribution is 6.34. The summed E-state index contributed by atoms with van der Waals surface area (Å²) in [5, 5.41) is 11.0. The van der Waals surface area contributed by atoms with Crippen molar-refractivity contribution in [1.82, 2.24) is 0 Å². The molecule has 0 atom stereocenters. The second-order valence-electron chi connectivity index (χ2n) is 4.51. The molecule has 0 bridgehead atoms. The Labute approximate surface area is 138 Å². The fourth-order valence-electron chi connectivity index (χ4n) is 1.88. The summed E-state index contributed by atoms with van der Waals surface area (Å²) in [6, 6.07) is 3.50. The summed E-state index contributed by atoms with van der Waals surface area (Å²) in [7, 11) is 1.20. The van der Waals surface area contributed by atoms with Crippen LogP contribution in [0.1, 0.15) is 20.7 Å². The number of halogens is 4. The van der Waals surface area contributed by atoms with Crippen molar-refractivity contribution in [3.8, 4) is 5.75 Å². The first-order chi connectivity index (χ1) is 11.3. The molecule has 1 amide bonds. The highest BCUT2D eigenvalue weighted by Gasteiger charge is 2.21. The average molecular weight is 360 g/mol. The molecule has 24 heavy (non-hydrogen) atoms. The maximum absolute atomic E-state index is 13.6. The lowest BCUT2D eigenvalue weighted by Crippen LogP contribution is -2.16. The Bertz CT molecular complexity index is 842. The number of hydrogen-bond donors (Lipinski definition) is 2. The summed E-state index contributed by atoms with van der Waals surface area (Å²) < 4.78 is 44.6. The minimum atomic E-state index is -1.78. The lowest BCUT2D eigenvalue weighted by atomic mass is 10.1. The lowest BCUT2D eigenvalue weighted by Gasteiger charge is -2.12. The predicted molar refractivity (Wildman–Crippen MR) is 79.2 cm³/mol. The average Bonchev–Trinajstić information content (AvgIpc) is 2.53. The Kier molecular flexibility index (Phi) is 4.99. The molecule has 0 aliphatic heterocycles. The van der Waals surface area contributed by atoms with Crippen LogP contribution in [0.5, 0.6) is 5.75 Å². The first-order valence-corrected chi connectivity index (χ1v) is 6.69. The van der Waals surface area contributed by atoms with Gasteiger partial charge in [-0.05, 0) is 18.2 Å². The maximum atomic E-state index is 13.6. The third kappa shape index (κ3) is 3.28. The number of anilines is 1. The number of amides is 1. The van der Waals surface area contributed by atoms with E-state index in [9.17, 15) is 22.8 Å². The number of benzene rings is 2. The first-order valence-electron chi connectivity index (χ1n) is 6.32. The fourth-order valence-corrected chi connectivity index (χ4v) is 2.09. The molecular weight excluding hydrogens is 351 g/mol. The Balaban J connectivity index is 2.39. The monoisotopic (exact) mass is 359 g/mol. The Morgan fingerprint density at radius 1 is 1.12 bits per heavy atom. The van der Waals surface area contributed by atoms with Crippen molar-refractivity contribution < 1.29 is 32.6 Å². The van der Waals surface area contributed by atoms with Gasteiger partial charge in [-0.15, -0.1) is 0 Å². The van der Waals surface area contributed by atoms with Gasteiger partial charge >= 0.3 is 5.97 Å². The van der Waals surface area contributed by atoms with Crippen LogP contribution in [0.3, 0.4) is 0 Å². The standard InChI is InChI=1S/C15H9ClF3NO4/c1-24-11-5-10(8(16)4-7(11)15(22)23)20-14(21)6-2-3-9(17)13(19)12(6)18/h2-5H,1H3,(H,20,21)(H,22,23). The molecular formula is C15H9ClF3NO4. The van der Waals surface area contributed by atoms with Crippen LogP contribution in [0.4, 0.5) is 18.9 Å². The number of carbonyl (C=O) groups is 2. The largest absolute Gasteiger partial charge is 0.496 e. The van der Waals surface area contributed by atoms with E-state index in [0.717, 1.165) is 18.2 Å². The van der Waals surface area contributed by atoms with E-state index in [0.29, 0.717) is 6.07 Å². The van der Waals surface area contributed by atoms with Gasteiger partial charge in [0.1, 0.15) is 11.3 Å².